The van der Waals surface area contributed by atoms with Gasteiger partial charge in [0.25, 0.3) is 0 Å². The highest BCUT2D eigenvalue weighted by molar-refractivity contribution is 5.84. The third-order valence-electron chi connectivity index (χ3n) is 5.26. The first-order valence-electron chi connectivity index (χ1n) is 8.61. The minimum absolute atomic E-state index is 0.0274. The number of hydrogen-bond donors (Lipinski definition) is 3. The molecule has 2 rings (SSSR count). The van der Waals surface area contributed by atoms with Gasteiger partial charge in [-0.1, -0.05) is 0 Å². The van der Waals surface area contributed by atoms with E-state index in [1.54, 1.807) is 0 Å². The van der Waals surface area contributed by atoms with Crippen molar-refractivity contribution in [3.63, 3.8) is 0 Å². The van der Waals surface area contributed by atoms with E-state index in [0.717, 1.165) is 0 Å². The molecular weight excluding hydrogens is 390 g/mol. The number of nitrogens with one attached hydrogen (secondary N) is 1. The molecule has 0 spiro atoms. The third-order valence-corrected chi connectivity index (χ3v) is 5.26. The molecule has 4 N–H and O–H groups in total. The average molecular weight is 412 g/mol. The lowest BCUT2D eigenvalue weighted by Crippen LogP contribution is -2.53. The zero-order chi connectivity index (χ0) is 21.5. The molecule has 10 heteroatoms. The van der Waals surface area contributed by atoms with Gasteiger partial charge in [0.1, 0.15) is 0 Å². The number of carbonyl (C=O) groups excluding carboxylic acids is 1. The van der Waals surface area contributed by atoms with Gasteiger partial charge in [0.05, 0.1) is 22.1 Å². The Morgan fingerprint density at radius 2 is 1.64 bits per heavy atom. The molecule has 0 saturated heterocycles. The fourth-order valence-electron chi connectivity index (χ4n) is 3.60. The number of nitrogens with two attached hydrogens (primary N) is 1. The number of amides is 1. The van der Waals surface area contributed by atoms with Gasteiger partial charge in [0.2, 0.25) is 5.91 Å². The Hall–Kier alpha value is -1.81. The highest BCUT2D eigenvalue weighted by Gasteiger charge is 2.53. The first-order valence-corrected chi connectivity index (χ1v) is 8.61. The second kappa shape index (κ2) is 7.22. The number of aliphatic hydroxyl groups is 1. The van der Waals surface area contributed by atoms with E-state index in [0.29, 0.717) is 18.6 Å². The first kappa shape index (κ1) is 22.5. The zero-order valence-electron chi connectivity index (χ0n) is 15.3. The molecule has 1 amide bonds. The molecule has 0 aromatic heterocycles. The molecule has 28 heavy (non-hydrogen) atoms. The summed E-state index contributed by atoms with van der Waals surface area (Å²) in [5.41, 5.74) is -0.127. The number of benzene rings is 1. The summed E-state index contributed by atoms with van der Waals surface area (Å²) in [6.45, 7) is 2.31. The van der Waals surface area contributed by atoms with Crippen LogP contribution in [0.5, 0.6) is 0 Å². The molecule has 4 nitrogen and oxygen atoms in total. The molecular formula is C18H22F6N2O2. The van der Waals surface area contributed by atoms with Crippen molar-refractivity contribution in [1.82, 2.24) is 5.32 Å². The fraction of sp³-hybridized carbons (Fsp3) is 0.611. The molecule has 1 aromatic rings. The lowest BCUT2D eigenvalue weighted by molar-refractivity contribution is -0.146. The first-order chi connectivity index (χ1) is 12.6. The Balaban J connectivity index is 2.29. The largest absolute Gasteiger partial charge is 0.416 e. The van der Waals surface area contributed by atoms with Crippen molar-refractivity contribution in [2.75, 3.05) is 0 Å². The second-order valence-electron chi connectivity index (χ2n) is 7.74. The number of hydrogen-bond acceptors (Lipinski definition) is 3. The summed E-state index contributed by atoms with van der Waals surface area (Å²) in [5, 5.41) is 12.8. The van der Waals surface area contributed by atoms with E-state index >= 15 is 0 Å². The van der Waals surface area contributed by atoms with Crippen LogP contribution >= 0.6 is 0 Å². The van der Waals surface area contributed by atoms with Crippen molar-refractivity contribution in [1.29, 1.82) is 0 Å². The summed E-state index contributed by atoms with van der Waals surface area (Å²) in [6, 6.07) is 0.821. The smallest absolute Gasteiger partial charge is 0.389 e. The van der Waals surface area contributed by atoms with Crippen molar-refractivity contribution in [2.24, 2.45) is 11.1 Å². The molecule has 1 aliphatic carbocycles. The minimum atomic E-state index is -4.97. The quantitative estimate of drug-likeness (QED) is 0.662. The van der Waals surface area contributed by atoms with Crippen molar-refractivity contribution in [3.05, 3.63) is 34.9 Å². The van der Waals surface area contributed by atoms with Crippen LogP contribution in [0.15, 0.2) is 18.2 Å². The molecule has 0 unspecified atom stereocenters. The van der Waals surface area contributed by atoms with E-state index in [2.05, 4.69) is 5.32 Å². The van der Waals surface area contributed by atoms with Gasteiger partial charge >= 0.3 is 12.4 Å². The number of alkyl halides is 6. The molecule has 1 aromatic carbocycles. The van der Waals surface area contributed by atoms with E-state index in [1.807, 2.05) is 0 Å². The van der Waals surface area contributed by atoms with E-state index in [1.165, 1.54) is 13.8 Å². The molecule has 158 valence electrons. The maximum Gasteiger partial charge on any atom is 0.416 e. The Bertz CT molecular complexity index is 707. The Morgan fingerprint density at radius 3 is 2.00 bits per heavy atom. The molecule has 0 bridgehead atoms. The van der Waals surface area contributed by atoms with Gasteiger partial charge < -0.3 is 16.2 Å². The van der Waals surface area contributed by atoms with Crippen LogP contribution in [0.2, 0.25) is 0 Å². The van der Waals surface area contributed by atoms with Crippen molar-refractivity contribution >= 4 is 5.91 Å². The molecule has 0 heterocycles. The summed E-state index contributed by atoms with van der Waals surface area (Å²) in [7, 11) is 0. The van der Waals surface area contributed by atoms with Crippen LogP contribution in [0.1, 0.15) is 49.8 Å². The standard InChI is InChI=1S/C18H22F6N2O2/c1-15(2,28)16(4-3-13(25)8-16)14(27)26-9-10-5-11(17(19,20)21)7-12(6-10)18(22,23)24/h5-7,13,28H,3-4,8-9,25H2,1-2H3,(H,26,27)/t13-,16-/m1/s1. The fourth-order valence-corrected chi connectivity index (χ4v) is 3.60. The van der Waals surface area contributed by atoms with Crippen molar-refractivity contribution in [2.45, 2.75) is 63.7 Å². The van der Waals surface area contributed by atoms with Crippen molar-refractivity contribution in [3.8, 4) is 0 Å². The van der Waals surface area contributed by atoms with Gasteiger partial charge in [-0.05, 0) is 56.9 Å². The monoisotopic (exact) mass is 412 g/mol. The predicted octanol–water partition coefficient (Wildman–Crippen LogP) is 3.61. The normalized spacial score (nSPS) is 23.7. The summed E-state index contributed by atoms with van der Waals surface area (Å²) in [5.74, 6) is -0.654. The predicted molar refractivity (Wildman–Crippen MR) is 88.8 cm³/mol. The Labute approximate surface area is 158 Å². The molecule has 1 aliphatic rings. The number of rotatable bonds is 4. The van der Waals surface area contributed by atoms with E-state index < -0.39 is 46.9 Å². The highest BCUT2D eigenvalue weighted by atomic mass is 19.4. The maximum atomic E-state index is 12.9. The van der Waals surface area contributed by atoms with E-state index in [-0.39, 0.29) is 30.5 Å². The molecule has 1 fully saturated rings. The lowest BCUT2D eigenvalue weighted by atomic mass is 9.71. The zero-order valence-corrected chi connectivity index (χ0v) is 15.3. The van der Waals surface area contributed by atoms with Crippen LogP contribution in [-0.2, 0) is 23.7 Å². The van der Waals surface area contributed by atoms with E-state index in [9.17, 15) is 36.2 Å². The van der Waals surface area contributed by atoms with Crippen LogP contribution < -0.4 is 11.1 Å². The maximum absolute atomic E-state index is 12.9. The molecule has 0 radical (unpaired) electrons. The van der Waals surface area contributed by atoms with Crippen molar-refractivity contribution < 1.29 is 36.2 Å². The summed E-state index contributed by atoms with van der Waals surface area (Å²) < 4.78 is 77.6. The molecule has 1 saturated carbocycles. The van der Waals surface area contributed by atoms with Crippen LogP contribution in [0.25, 0.3) is 0 Å². The minimum Gasteiger partial charge on any atom is -0.389 e. The van der Waals surface area contributed by atoms with Gasteiger partial charge in [-0.25, -0.2) is 0 Å². The second-order valence-corrected chi connectivity index (χ2v) is 7.74. The van der Waals surface area contributed by atoms with Crippen LogP contribution in [0, 0.1) is 5.41 Å². The van der Waals surface area contributed by atoms with Gasteiger partial charge in [-0.2, -0.15) is 26.3 Å². The van der Waals surface area contributed by atoms with Crippen LogP contribution in [0.3, 0.4) is 0 Å². The third kappa shape index (κ3) is 4.60. The summed E-state index contributed by atoms with van der Waals surface area (Å²) in [6.07, 6.45) is -9.03. The van der Waals surface area contributed by atoms with Gasteiger partial charge in [-0.15, -0.1) is 0 Å². The Kier molecular flexibility index (Phi) is 5.79. The van der Waals surface area contributed by atoms with Gasteiger partial charge in [0.15, 0.2) is 0 Å². The van der Waals surface area contributed by atoms with Gasteiger partial charge in [-0.3, -0.25) is 4.79 Å². The van der Waals surface area contributed by atoms with Crippen LogP contribution in [0.4, 0.5) is 26.3 Å². The summed E-state index contributed by atoms with van der Waals surface area (Å²) >= 11 is 0. The average Bonchev–Trinajstić information content (AvgIpc) is 2.94. The number of halogens is 6. The topological polar surface area (TPSA) is 75.3 Å². The highest BCUT2D eigenvalue weighted by Crippen LogP contribution is 2.46. The van der Waals surface area contributed by atoms with E-state index in [4.69, 9.17) is 5.73 Å². The molecule has 0 aliphatic heterocycles. The summed E-state index contributed by atoms with van der Waals surface area (Å²) in [4.78, 5) is 12.7. The SMILES string of the molecule is CC(C)(O)[C@]1(C(=O)NCc2cc(C(F)(F)F)cc(C(F)(F)F)c2)CC[C@@H](N)C1. The van der Waals surface area contributed by atoms with Gasteiger partial charge in [0, 0.05) is 12.6 Å². The lowest BCUT2D eigenvalue weighted by Gasteiger charge is -2.39. The Morgan fingerprint density at radius 1 is 1.14 bits per heavy atom. The van der Waals surface area contributed by atoms with Crippen LogP contribution in [-0.4, -0.2) is 22.7 Å². The molecule has 2 atom stereocenters. The number of carbonyl (C=O) groups is 1.